The summed E-state index contributed by atoms with van der Waals surface area (Å²) < 4.78 is 46.2. The van der Waals surface area contributed by atoms with E-state index in [1.807, 2.05) is 13.8 Å². The standard InChI is InChI=1S/C20H27FN4O3S/c1-15-8-10-17(11-9-15)29(26,27)25-13-12-23-20(22-3)24-14-16(2)28-19-7-5-4-6-18(19)21/h4-11,16,25H,12-14H2,1-3H3,(H2,22,23,24). The number of sulfonamides is 1. The van der Waals surface area contributed by atoms with Crippen molar-refractivity contribution in [2.75, 3.05) is 26.7 Å². The zero-order chi connectivity index (χ0) is 21.3. The van der Waals surface area contributed by atoms with Crippen LogP contribution in [0.15, 0.2) is 58.4 Å². The van der Waals surface area contributed by atoms with Crippen LogP contribution in [0.4, 0.5) is 4.39 Å². The van der Waals surface area contributed by atoms with Gasteiger partial charge in [-0.05, 0) is 38.1 Å². The maximum Gasteiger partial charge on any atom is 0.240 e. The highest BCUT2D eigenvalue weighted by Gasteiger charge is 2.13. The zero-order valence-corrected chi connectivity index (χ0v) is 17.6. The Balaban J connectivity index is 1.73. The van der Waals surface area contributed by atoms with Crippen LogP contribution in [-0.4, -0.2) is 47.2 Å². The summed E-state index contributed by atoms with van der Waals surface area (Å²) in [6.45, 7) is 4.63. The average Bonchev–Trinajstić information content (AvgIpc) is 2.69. The summed E-state index contributed by atoms with van der Waals surface area (Å²) in [7, 11) is -1.95. The van der Waals surface area contributed by atoms with Crippen molar-refractivity contribution in [2.24, 2.45) is 4.99 Å². The highest BCUT2D eigenvalue weighted by Crippen LogP contribution is 2.16. The molecule has 29 heavy (non-hydrogen) atoms. The minimum atomic E-state index is -3.55. The Bertz CT molecular complexity index is 918. The number of ether oxygens (including phenoxy) is 1. The van der Waals surface area contributed by atoms with Gasteiger partial charge in [-0.25, -0.2) is 17.5 Å². The van der Waals surface area contributed by atoms with Crippen molar-refractivity contribution in [1.82, 2.24) is 15.4 Å². The van der Waals surface area contributed by atoms with Crippen molar-refractivity contribution in [3.63, 3.8) is 0 Å². The lowest BCUT2D eigenvalue weighted by atomic mass is 10.2. The normalized spacial score (nSPS) is 13.0. The van der Waals surface area contributed by atoms with E-state index in [0.29, 0.717) is 19.0 Å². The fourth-order valence-corrected chi connectivity index (χ4v) is 3.46. The fraction of sp³-hybridized carbons (Fsp3) is 0.350. The molecule has 1 unspecified atom stereocenters. The van der Waals surface area contributed by atoms with Crippen molar-refractivity contribution in [1.29, 1.82) is 0 Å². The summed E-state index contributed by atoms with van der Waals surface area (Å²) in [6, 6.07) is 12.9. The summed E-state index contributed by atoms with van der Waals surface area (Å²) >= 11 is 0. The van der Waals surface area contributed by atoms with Crippen molar-refractivity contribution < 1.29 is 17.5 Å². The first kappa shape index (κ1) is 22.6. The molecular formula is C20H27FN4O3S. The van der Waals surface area contributed by atoms with Gasteiger partial charge in [0.05, 0.1) is 11.4 Å². The van der Waals surface area contributed by atoms with Gasteiger partial charge in [-0.1, -0.05) is 29.8 Å². The van der Waals surface area contributed by atoms with Crippen LogP contribution in [0.2, 0.25) is 0 Å². The van der Waals surface area contributed by atoms with Gasteiger partial charge < -0.3 is 15.4 Å². The molecule has 158 valence electrons. The van der Waals surface area contributed by atoms with Crippen LogP contribution in [-0.2, 0) is 10.0 Å². The number of rotatable bonds is 9. The summed E-state index contributed by atoms with van der Waals surface area (Å²) in [5.41, 5.74) is 0.994. The fourth-order valence-electron chi connectivity index (χ4n) is 2.43. The molecule has 0 aliphatic rings. The molecular weight excluding hydrogens is 395 g/mol. The highest BCUT2D eigenvalue weighted by molar-refractivity contribution is 7.89. The first-order valence-electron chi connectivity index (χ1n) is 9.24. The number of hydrogen-bond donors (Lipinski definition) is 3. The Kier molecular flexibility index (Phi) is 8.41. The van der Waals surface area contributed by atoms with Gasteiger partial charge in [0.1, 0.15) is 6.10 Å². The third kappa shape index (κ3) is 7.35. The molecule has 0 aliphatic carbocycles. The smallest absolute Gasteiger partial charge is 0.240 e. The summed E-state index contributed by atoms with van der Waals surface area (Å²) in [5, 5.41) is 6.07. The monoisotopic (exact) mass is 422 g/mol. The molecule has 0 radical (unpaired) electrons. The predicted octanol–water partition coefficient (Wildman–Crippen LogP) is 2.04. The number of hydrogen-bond acceptors (Lipinski definition) is 4. The van der Waals surface area contributed by atoms with Crippen molar-refractivity contribution in [2.45, 2.75) is 24.8 Å². The quantitative estimate of drug-likeness (QED) is 0.327. The zero-order valence-electron chi connectivity index (χ0n) is 16.8. The van der Waals surface area contributed by atoms with E-state index in [1.165, 1.54) is 6.07 Å². The van der Waals surface area contributed by atoms with Gasteiger partial charge >= 0.3 is 0 Å². The number of para-hydroxylation sites is 1. The lowest BCUT2D eigenvalue weighted by Crippen LogP contribution is -2.44. The third-order valence-electron chi connectivity index (χ3n) is 3.99. The van der Waals surface area contributed by atoms with E-state index >= 15 is 0 Å². The van der Waals surface area contributed by atoms with Gasteiger partial charge in [-0.15, -0.1) is 0 Å². The van der Waals surface area contributed by atoms with E-state index < -0.39 is 15.8 Å². The first-order chi connectivity index (χ1) is 13.8. The van der Waals surface area contributed by atoms with Crippen LogP contribution in [0.25, 0.3) is 0 Å². The van der Waals surface area contributed by atoms with Gasteiger partial charge in [0, 0.05) is 20.1 Å². The van der Waals surface area contributed by atoms with Gasteiger partial charge in [0.15, 0.2) is 17.5 Å². The molecule has 9 heteroatoms. The minimum absolute atomic E-state index is 0.190. The topological polar surface area (TPSA) is 91.8 Å². The third-order valence-corrected chi connectivity index (χ3v) is 5.46. The molecule has 0 aromatic heterocycles. The Morgan fingerprint density at radius 3 is 2.45 bits per heavy atom. The van der Waals surface area contributed by atoms with E-state index in [4.69, 9.17) is 4.74 Å². The van der Waals surface area contributed by atoms with Gasteiger partial charge in [0.25, 0.3) is 0 Å². The lowest BCUT2D eigenvalue weighted by Gasteiger charge is -2.18. The summed E-state index contributed by atoms with van der Waals surface area (Å²) in [6.07, 6.45) is -0.300. The van der Waals surface area contributed by atoms with E-state index in [9.17, 15) is 12.8 Å². The molecule has 0 amide bonds. The van der Waals surface area contributed by atoms with E-state index in [2.05, 4.69) is 20.3 Å². The summed E-state index contributed by atoms with van der Waals surface area (Å²) in [5.74, 6) is 0.265. The van der Waals surface area contributed by atoms with Gasteiger partial charge in [-0.2, -0.15) is 0 Å². The molecule has 0 heterocycles. The molecule has 2 aromatic rings. The number of halogens is 1. The van der Waals surface area contributed by atoms with Crippen molar-refractivity contribution in [3.8, 4) is 5.75 Å². The maximum absolute atomic E-state index is 13.6. The molecule has 2 rings (SSSR count). The molecule has 3 N–H and O–H groups in total. The Labute approximate surface area is 171 Å². The van der Waals surface area contributed by atoms with Crippen LogP contribution in [0.5, 0.6) is 5.75 Å². The molecule has 0 saturated carbocycles. The predicted molar refractivity (Wildman–Crippen MR) is 112 cm³/mol. The second kappa shape index (κ2) is 10.8. The second-order valence-corrected chi connectivity index (χ2v) is 8.22. The molecule has 0 bridgehead atoms. The van der Waals surface area contributed by atoms with Crippen LogP contribution >= 0.6 is 0 Å². The number of nitrogens with one attached hydrogen (secondary N) is 3. The highest BCUT2D eigenvalue weighted by atomic mass is 32.2. The van der Waals surface area contributed by atoms with Gasteiger partial charge in [0.2, 0.25) is 10.0 Å². The molecule has 1 atom stereocenters. The lowest BCUT2D eigenvalue weighted by molar-refractivity contribution is 0.214. The van der Waals surface area contributed by atoms with Crippen molar-refractivity contribution >= 4 is 16.0 Å². The second-order valence-electron chi connectivity index (χ2n) is 6.45. The number of benzene rings is 2. The van der Waals surface area contributed by atoms with Crippen LogP contribution < -0.4 is 20.1 Å². The number of aliphatic imine (C=N–C) groups is 1. The van der Waals surface area contributed by atoms with E-state index in [1.54, 1.807) is 49.5 Å². The average molecular weight is 423 g/mol. The number of guanidine groups is 1. The largest absolute Gasteiger partial charge is 0.486 e. The molecule has 0 saturated heterocycles. The molecule has 0 spiro atoms. The Morgan fingerprint density at radius 2 is 1.79 bits per heavy atom. The van der Waals surface area contributed by atoms with Gasteiger partial charge in [-0.3, -0.25) is 4.99 Å². The molecule has 7 nitrogen and oxygen atoms in total. The maximum atomic E-state index is 13.6. The first-order valence-corrected chi connectivity index (χ1v) is 10.7. The molecule has 2 aromatic carbocycles. The SMILES string of the molecule is CN=C(NCCNS(=O)(=O)c1ccc(C)cc1)NCC(C)Oc1ccccc1F. The molecule has 0 aliphatic heterocycles. The van der Waals surface area contributed by atoms with Crippen molar-refractivity contribution in [3.05, 3.63) is 59.9 Å². The van der Waals surface area contributed by atoms with E-state index in [-0.39, 0.29) is 23.3 Å². The van der Waals surface area contributed by atoms with Crippen LogP contribution in [0.1, 0.15) is 12.5 Å². The minimum Gasteiger partial charge on any atom is -0.486 e. The number of aryl methyl sites for hydroxylation is 1. The summed E-state index contributed by atoms with van der Waals surface area (Å²) in [4.78, 5) is 4.30. The Morgan fingerprint density at radius 1 is 1.10 bits per heavy atom. The van der Waals surface area contributed by atoms with Crippen LogP contribution in [0.3, 0.4) is 0 Å². The van der Waals surface area contributed by atoms with E-state index in [0.717, 1.165) is 5.56 Å². The number of nitrogens with zero attached hydrogens (tertiary/aromatic N) is 1. The molecule has 0 fully saturated rings. The Hall–Kier alpha value is -2.65. The van der Waals surface area contributed by atoms with Crippen LogP contribution in [0, 0.1) is 12.7 Å².